The average molecular weight is 493 g/mol. The van der Waals surface area contributed by atoms with Gasteiger partial charge in [0, 0.05) is 28.8 Å². The van der Waals surface area contributed by atoms with E-state index in [4.69, 9.17) is 23.2 Å². The van der Waals surface area contributed by atoms with Gasteiger partial charge in [0.25, 0.3) is 11.8 Å². The Kier molecular flexibility index (Phi) is 6.57. The third-order valence-electron chi connectivity index (χ3n) is 4.50. The number of halogens is 2. The normalized spacial score (nSPS) is 12.9. The van der Waals surface area contributed by atoms with Crippen molar-refractivity contribution in [1.82, 2.24) is 15.1 Å². The predicted octanol–water partition coefficient (Wildman–Crippen LogP) is 4.76. The van der Waals surface area contributed by atoms with Gasteiger partial charge in [0.05, 0.1) is 11.1 Å². The van der Waals surface area contributed by atoms with Gasteiger partial charge >= 0.3 is 0 Å². The van der Waals surface area contributed by atoms with Crippen LogP contribution in [0.1, 0.15) is 32.7 Å². The molecule has 3 amide bonds. The largest absolute Gasteiger partial charge is 0.300 e. The smallest absolute Gasteiger partial charge is 0.261 e. The van der Waals surface area contributed by atoms with Crippen LogP contribution in [0.25, 0.3) is 0 Å². The molecule has 2 heterocycles. The number of hydrogen-bond acceptors (Lipinski definition) is 7. The number of imide groups is 1. The highest BCUT2D eigenvalue weighted by Crippen LogP contribution is 2.33. The van der Waals surface area contributed by atoms with Crippen LogP contribution in [0.2, 0.25) is 10.0 Å². The number of fused-ring (bicyclic) bond motifs is 1. The second kappa shape index (κ2) is 9.35. The molecular weight excluding hydrogens is 479 g/mol. The maximum Gasteiger partial charge on any atom is 0.261 e. The standard InChI is InChI=1S/C20H14Cl2N4O3S2/c21-14-6-3-7-15(22)13(14)10-30-20-25-24-19(31-20)23-16(27)8-9-26-17(28)11-4-1-2-5-12(11)18(26)29/h1-7H,8-10H2,(H,23,24,27). The van der Waals surface area contributed by atoms with Gasteiger partial charge in [-0.05, 0) is 29.8 Å². The number of anilines is 1. The molecule has 2 aromatic carbocycles. The van der Waals surface area contributed by atoms with Crippen molar-refractivity contribution in [3.05, 3.63) is 69.2 Å². The van der Waals surface area contributed by atoms with E-state index in [1.807, 2.05) is 0 Å². The lowest BCUT2D eigenvalue weighted by Gasteiger charge is -2.12. The van der Waals surface area contributed by atoms with E-state index in [9.17, 15) is 14.4 Å². The third kappa shape index (κ3) is 4.74. The van der Waals surface area contributed by atoms with Crippen molar-refractivity contribution < 1.29 is 14.4 Å². The van der Waals surface area contributed by atoms with E-state index in [1.54, 1.807) is 42.5 Å². The molecule has 0 saturated heterocycles. The van der Waals surface area contributed by atoms with Crippen LogP contribution < -0.4 is 5.32 Å². The van der Waals surface area contributed by atoms with Crippen LogP contribution in [0, 0.1) is 0 Å². The van der Waals surface area contributed by atoms with Crippen LogP contribution in [0.3, 0.4) is 0 Å². The first kappa shape index (κ1) is 21.8. The molecule has 31 heavy (non-hydrogen) atoms. The minimum absolute atomic E-state index is 0.0103. The van der Waals surface area contributed by atoms with Crippen LogP contribution in [0.5, 0.6) is 0 Å². The second-order valence-electron chi connectivity index (χ2n) is 6.47. The maximum atomic E-state index is 12.3. The van der Waals surface area contributed by atoms with E-state index >= 15 is 0 Å². The summed E-state index contributed by atoms with van der Waals surface area (Å²) in [5.41, 5.74) is 1.52. The van der Waals surface area contributed by atoms with Crippen molar-refractivity contribution in [2.45, 2.75) is 16.5 Å². The van der Waals surface area contributed by atoms with E-state index in [0.717, 1.165) is 10.5 Å². The molecule has 1 aliphatic heterocycles. The number of amides is 3. The Morgan fingerprint density at radius 1 is 1.00 bits per heavy atom. The number of nitrogens with one attached hydrogen (secondary N) is 1. The third-order valence-corrected chi connectivity index (χ3v) is 7.20. The molecule has 0 radical (unpaired) electrons. The Labute approximate surface area is 195 Å². The molecule has 0 aliphatic carbocycles. The Morgan fingerprint density at radius 2 is 1.65 bits per heavy atom. The van der Waals surface area contributed by atoms with E-state index < -0.39 is 0 Å². The summed E-state index contributed by atoms with van der Waals surface area (Å²) in [6.45, 7) is -0.0103. The molecule has 0 atom stereocenters. The quantitative estimate of drug-likeness (QED) is 0.290. The Bertz CT molecular complexity index is 1130. The highest BCUT2D eigenvalue weighted by atomic mass is 35.5. The van der Waals surface area contributed by atoms with Crippen molar-refractivity contribution in [1.29, 1.82) is 0 Å². The predicted molar refractivity (Wildman–Crippen MR) is 121 cm³/mol. The molecule has 1 aromatic heterocycles. The lowest BCUT2D eigenvalue weighted by Crippen LogP contribution is -2.32. The van der Waals surface area contributed by atoms with Gasteiger partial charge in [-0.25, -0.2) is 0 Å². The van der Waals surface area contributed by atoms with Crippen LogP contribution in [-0.4, -0.2) is 39.4 Å². The summed E-state index contributed by atoms with van der Waals surface area (Å²) < 4.78 is 0.645. The monoisotopic (exact) mass is 492 g/mol. The van der Waals surface area contributed by atoms with Crippen LogP contribution in [-0.2, 0) is 10.5 Å². The van der Waals surface area contributed by atoms with Gasteiger partial charge in [0.15, 0.2) is 4.34 Å². The van der Waals surface area contributed by atoms with Crippen LogP contribution in [0.4, 0.5) is 5.13 Å². The summed E-state index contributed by atoms with van der Waals surface area (Å²) in [6, 6.07) is 11.9. The molecule has 11 heteroatoms. The summed E-state index contributed by atoms with van der Waals surface area (Å²) in [5.74, 6) is -0.623. The molecule has 1 N–H and O–H groups in total. The number of nitrogens with zero attached hydrogens (tertiary/aromatic N) is 3. The number of thioether (sulfide) groups is 1. The summed E-state index contributed by atoms with van der Waals surface area (Å²) in [6.07, 6.45) is -0.0389. The Hall–Kier alpha value is -2.46. The first-order valence-electron chi connectivity index (χ1n) is 9.08. The fraction of sp³-hybridized carbons (Fsp3) is 0.150. The molecule has 1 aliphatic rings. The van der Waals surface area contributed by atoms with Gasteiger partial charge in [0.1, 0.15) is 0 Å². The number of rotatable bonds is 7. The molecule has 158 valence electrons. The zero-order valence-electron chi connectivity index (χ0n) is 15.8. The van der Waals surface area contributed by atoms with Crippen molar-refractivity contribution in [2.24, 2.45) is 0 Å². The minimum atomic E-state index is -0.388. The highest BCUT2D eigenvalue weighted by Gasteiger charge is 2.35. The van der Waals surface area contributed by atoms with E-state index in [2.05, 4.69) is 15.5 Å². The topological polar surface area (TPSA) is 92.3 Å². The van der Waals surface area contributed by atoms with Crippen LogP contribution in [0.15, 0.2) is 46.8 Å². The first-order chi connectivity index (χ1) is 14.9. The summed E-state index contributed by atoms with van der Waals surface area (Å²) >= 11 is 15.0. The fourth-order valence-corrected chi connectivity index (χ4v) is 5.47. The van der Waals surface area contributed by atoms with Gasteiger partial charge in [0.2, 0.25) is 11.0 Å². The maximum absolute atomic E-state index is 12.3. The fourth-order valence-electron chi connectivity index (χ4n) is 2.96. The second-order valence-corrected chi connectivity index (χ2v) is 9.48. The number of hydrogen-bond donors (Lipinski definition) is 1. The highest BCUT2D eigenvalue weighted by molar-refractivity contribution is 8.00. The average Bonchev–Trinajstić information content (AvgIpc) is 3.29. The number of carbonyl (C=O) groups excluding carboxylic acids is 3. The zero-order valence-corrected chi connectivity index (χ0v) is 18.9. The molecular formula is C20H14Cl2N4O3S2. The molecule has 7 nitrogen and oxygen atoms in total. The number of carbonyl (C=O) groups is 3. The van der Waals surface area contributed by atoms with Crippen molar-refractivity contribution in [3.8, 4) is 0 Å². The van der Waals surface area contributed by atoms with Crippen LogP contribution >= 0.6 is 46.3 Å². The van der Waals surface area contributed by atoms with Gasteiger partial charge in [-0.1, -0.05) is 64.5 Å². The molecule has 0 saturated carbocycles. The molecule has 0 bridgehead atoms. The lowest BCUT2D eigenvalue weighted by atomic mass is 10.1. The summed E-state index contributed by atoms with van der Waals surface area (Å²) in [7, 11) is 0. The number of aromatic nitrogens is 2. The van der Waals surface area contributed by atoms with Crippen molar-refractivity contribution >= 4 is 69.2 Å². The molecule has 0 unspecified atom stereocenters. The van der Waals surface area contributed by atoms with E-state index in [0.29, 0.717) is 36.4 Å². The molecule has 0 fully saturated rings. The minimum Gasteiger partial charge on any atom is -0.300 e. The summed E-state index contributed by atoms with van der Waals surface area (Å²) in [4.78, 5) is 38.1. The lowest BCUT2D eigenvalue weighted by molar-refractivity contribution is -0.116. The van der Waals surface area contributed by atoms with Gasteiger partial charge in [-0.15, -0.1) is 10.2 Å². The molecule has 4 rings (SSSR count). The van der Waals surface area contributed by atoms with Crippen molar-refractivity contribution in [3.63, 3.8) is 0 Å². The van der Waals surface area contributed by atoms with E-state index in [1.165, 1.54) is 23.1 Å². The van der Waals surface area contributed by atoms with Gasteiger partial charge in [-0.3, -0.25) is 19.3 Å². The zero-order chi connectivity index (χ0) is 22.0. The molecule has 0 spiro atoms. The van der Waals surface area contributed by atoms with E-state index in [-0.39, 0.29) is 30.7 Å². The van der Waals surface area contributed by atoms with Crippen molar-refractivity contribution in [2.75, 3.05) is 11.9 Å². The SMILES string of the molecule is O=C(CCN1C(=O)c2ccccc2C1=O)Nc1nnc(SCc2c(Cl)cccc2Cl)s1. The Balaban J connectivity index is 1.30. The van der Waals surface area contributed by atoms with Gasteiger partial charge < -0.3 is 5.32 Å². The Morgan fingerprint density at radius 3 is 2.29 bits per heavy atom. The summed E-state index contributed by atoms with van der Waals surface area (Å²) in [5, 5.41) is 12.1. The first-order valence-corrected chi connectivity index (χ1v) is 11.6. The van der Waals surface area contributed by atoms with Gasteiger partial charge in [-0.2, -0.15) is 0 Å². The molecule has 3 aromatic rings. The number of benzene rings is 2.